The van der Waals surface area contributed by atoms with E-state index in [9.17, 15) is 24.0 Å². The highest BCUT2D eigenvalue weighted by Gasteiger charge is 2.44. The maximum absolute atomic E-state index is 14.3. The van der Waals surface area contributed by atoms with Gasteiger partial charge in [-0.3, -0.25) is 24.0 Å². The lowest BCUT2D eigenvalue weighted by Crippen LogP contribution is -2.59. The van der Waals surface area contributed by atoms with Crippen LogP contribution in [0.2, 0.25) is 5.02 Å². The molecule has 0 aliphatic carbocycles. The molecule has 2 N–H and O–H groups in total. The number of hydrazine groups is 2. The molecule has 0 radical (unpaired) electrons. The third kappa shape index (κ3) is 6.37. The minimum atomic E-state index is -1.03. The Morgan fingerprint density at radius 1 is 0.812 bits per heavy atom. The van der Waals surface area contributed by atoms with Gasteiger partial charge in [-0.15, -0.1) is 5.12 Å². The number of carbonyl (C=O) groups is 5. The van der Waals surface area contributed by atoms with Gasteiger partial charge < -0.3 is 14.6 Å². The van der Waals surface area contributed by atoms with Crippen LogP contribution in [0.1, 0.15) is 42.4 Å². The van der Waals surface area contributed by atoms with Crippen molar-refractivity contribution in [1.29, 1.82) is 0 Å². The largest absolute Gasteiger partial charge is 0.484 e. The summed E-state index contributed by atoms with van der Waals surface area (Å²) in [6.45, 7) is 0.896. The van der Waals surface area contributed by atoms with Gasteiger partial charge in [-0.1, -0.05) is 89.6 Å². The molecule has 0 bridgehead atoms. The molecule has 240 valence electrons. The smallest absolute Gasteiger partial charge is 0.298 e. The Kier molecular flexibility index (Phi) is 8.99. The van der Waals surface area contributed by atoms with E-state index < -0.39 is 30.2 Å². The van der Waals surface area contributed by atoms with E-state index in [-0.39, 0.29) is 56.7 Å². The maximum atomic E-state index is 14.3. The first-order valence-corrected chi connectivity index (χ1v) is 15.0. The number of para-hydroxylation sites is 1. The lowest BCUT2D eigenvalue weighted by atomic mass is 10.0. The fourth-order valence-electron chi connectivity index (χ4n) is 5.07. The van der Waals surface area contributed by atoms with Crippen molar-refractivity contribution in [2.24, 2.45) is 0 Å². The van der Waals surface area contributed by atoms with Crippen LogP contribution in [0.3, 0.4) is 0 Å². The maximum Gasteiger partial charge on any atom is 0.298 e. The lowest BCUT2D eigenvalue weighted by molar-refractivity contribution is -0.130. The molecular formula is C35H26ClN5O7. The van der Waals surface area contributed by atoms with E-state index in [1.165, 1.54) is 19.1 Å². The van der Waals surface area contributed by atoms with Crippen LogP contribution < -0.4 is 15.5 Å². The summed E-state index contributed by atoms with van der Waals surface area (Å²) in [5.74, 6) is -3.50. The average Bonchev–Trinajstić information content (AvgIpc) is 3.60. The number of anilines is 1. The van der Waals surface area contributed by atoms with Crippen molar-refractivity contribution in [2.45, 2.75) is 13.3 Å². The highest BCUT2D eigenvalue weighted by molar-refractivity contribution is 6.36. The van der Waals surface area contributed by atoms with Gasteiger partial charge in [-0.25, -0.2) is 5.43 Å². The van der Waals surface area contributed by atoms with Gasteiger partial charge in [0.2, 0.25) is 5.91 Å². The second kappa shape index (κ2) is 13.6. The molecule has 5 aromatic rings. The van der Waals surface area contributed by atoms with E-state index >= 15 is 0 Å². The number of hydrogen-bond donors (Lipinski definition) is 2. The molecular weight excluding hydrogens is 638 g/mol. The summed E-state index contributed by atoms with van der Waals surface area (Å²) in [5.41, 5.74) is 3.41. The number of nitrogens with zero attached hydrogens (tertiary/aromatic N) is 3. The molecule has 1 aliphatic rings. The summed E-state index contributed by atoms with van der Waals surface area (Å²) in [6.07, 6.45) is 0.0944. The number of benzene rings is 4. The van der Waals surface area contributed by atoms with Gasteiger partial charge in [0.25, 0.3) is 23.6 Å². The highest BCUT2D eigenvalue weighted by atomic mass is 35.5. The Hall–Kier alpha value is -6.27. The Balaban J connectivity index is 1.32. The number of hydrogen-bond acceptors (Lipinski definition) is 8. The molecule has 2 heterocycles. The van der Waals surface area contributed by atoms with E-state index in [1.54, 1.807) is 60.7 Å². The van der Waals surface area contributed by atoms with Crippen LogP contribution >= 0.6 is 11.6 Å². The van der Waals surface area contributed by atoms with Crippen molar-refractivity contribution >= 4 is 46.8 Å². The van der Waals surface area contributed by atoms with Crippen LogP contribution in [0, 0.1) is 6.92 Å². The van der Waals surface area contributed by atoms with Gasteiger partial charge in [0.15, 0.2) is 6.61 Å². The molecule has 12 nitrogen and oxygen atoms in total. The zero-order chi connectivity index (χ0) is 33.8. The van der Waals surface area contributed by atoms with Crippen molar-refractivity contribution in [3.05, 3.63) is 136 Å². The highest BCUT2D eigenvalue weighted by Crippen LogP contribution is 2.37. The van der Waals surface area contributed by atoms with E-state index in [4.69, 9.17) is 20.9 Å². The van der Waals surface area contributed by atoms with Crippen molar-refractivity contribution < 1.29 is 33.2 Å². The summed E-state index contributed by atoms with van der Waals surface area (Å²) in [4.78, 5) is 67.3. The van der Waals surface area contributed by atoms with Crippen LogP contribution in [0.4, 0.5) is 5.69 Å². The molecule has 0 fully saturated rings. The van der Waals surface area contributed by atoms with Gasteiger partial charge in [-0.05, 0) is 42.8 Å². The van der Waals surface area contributed by atoms with E-state index in [2.05, 4.69) is 15.9 Å². The van der Waals surface area contributed by atoms with Crippen LogP contribution in [0.5, 0.6) is 5.75 Å². The predicted molar refractivity (Wildman–Crippen MR) is 174 cm³/mol. The fraction of sp³-hybridized carbons (Fsp3) is 0.0857. The van der Waals surface area contributed by atoms with Gasteiger partial charge >= 0.3 is 0 Å². The summed E-state index contributed by atoms with van der Waals surface area (Å²) in [6, 6.07) is 28.4. The molecule has 0 spiro atoms. The average molecular weight is 664 g/mol. The molecule has 4 aromatic carbocycles. The van der Waals surface area contributed by atoms with Crippen molar-refractivity contribution in [3.8, 4) is 17.0 Å². The number of imide groups is 1. The summed E-state index contributed by atoms with van der Waals surface area (Å²) >= 11 is 6.75. The number of fused-ring (bicyclic) bond motifs is 1. The van der Waals surface area contributed by atoms with E-state index in [0.717, 1.165) is 5.56 Å². The number of nitrogens with one attached hydrogen (secondary N) is 2. The summed E-state index contributed by atoms with van der Waals surface area (Å²) in [7, 11) is 0. The molecule has 0 saturated carbocycles. The standard InChI is InChI=1S/C35H26ClN5O7/c1-21-30(32(39-48-21)26-17-10-18-27(31(26)36)37-28(42)19-22-11-4-2-5-12-22)35(46)41(38-29(43)20-47-23-13-6-3-7-14-23)40-33(44)24-15-8-9-16-25(24)34(40)45/h2-18H,19-20H2,1H3,(H,37,42)(H,38,43). The summed E-state index contributed by atoms with van der Waals surface area (Å²) in [5, 5.41) is 7.93. The lowest BCUT2D eigenvalue weighted by Gasteiger charge is -2.29. The first kappa shape index (κ1) is 31.7. The fourth-order valence-corrected chi connectivity index (χ4v) is 5.33. The monoisotopic (exact) mass is 663 g/mol. The number of aryl methyl sites for hydroxylation is 1. The number of rotatable bonds is 9. The van der Waals surface area contributed by atoms with Crippen LogP contribution in [-0.4, -0.2) is 51.4 Å². The topological polar surface area (TPSA) is 151 Å². The number of carbonyl (C=O) groups excluding carboxylic acids is 5. The van der Waals surface area contributed by atoms with Gasteiger partial charge in [0.05, 0.1) is 28.3 Å². The molecule has 6 rings (SSSR count). The molecule has 48 heavy (non-hydrogen) atoms. The number of halogens is 1. The molecule has 0 atom stereocenters. The third-order valence-electron chi connectivity index (χ3n) is 7.32. The Labute approximate surface area is 278 Å². The zero-order valence-corrected chi connectivity index (χ0v) is 26.1. The van der Waals surface area contributed by atoms with Crippen molar-refractivity contribution in [1.82, 2.24) is 20.7 Å². The van der Waals surface area contributed by atoms with E-state index in [1.807, 2.05) is 30.3 Å². The van der Waals surface area contributed by atoms with Gasteiger partial charge in [0.1, 0.15) is 22.8 Å². The minimum absolute atomic E-state index is 0.000904. The van der Waals surface area contributed by atoms with Gasteiger partial charge in [0, 0.05) is 5.56 Å². The molecule has 0 saturated heterocycles. The summed E-state index contributed by atoms with van der Waals surface area (Å²) < 4.78 is 10.9. The first-order chi connectivity index (χ1) is 23.2. The Morgan fingerprint density at radius 3 is 2.08 bits per heavy atom. The molecule has 1 aliphatic heterocycles. The number of ether oxygens (including phenoxy) is 1. The van der Waals surface area contributed by atoms with E-state index in [0.29, 0.717) is 15.9 Å². The van der Waals surface area contributed by atoms with Gasteiger partial charge in [-0.2, -0.15) is 5.01 Å². The van der Waals surface area contributed by atoms with Crippen LogP contribution in [0.15, 0.2) is 108 Å². The van der Waals surface area contributed by atoms with Crippen LogP contribution in [-0.2, 0) is 16.0 Å². The first-order valence-electron chi connectivity index (χ1n) is 14.6. The Bertz CT molecular complexity index is 2010. The molecule has 5 amide bonds. The molecule has 13 heteroatoms. The van der Waals surface area contributed by atoms with Crippen molar-refractivity contribution in [3.63, 3.8) is 0 Å². The number of aromatic nitrogens is 1. The second-order valence-electron chi connectivity index (χ2n) is 10.6. The van der Waals surface area contributed by atoms with Crippen molar-refractivity contribution in [2.75, 3.05) is 11.9 Å². The normalized spacial score (nSPS) is 12.0. The minimum Gasteiger partial charge on any atom is -0.484 e. The number of amides is 5. The predicted octanol–water partition coefficient (Wildman–Crippen LogP) is 5.25. The molecule has 0 unspecified atom stereocenters. The van der Waals surface area contributed by atoms with Crippen LogP contribution in [0.25, 0.3) is 11.3 Å². The SMILES string of the molecule is Cc1onc(-c2cccc(NC(=O)Cc3ccccc3)c2Cl)c1C(=O)N(NC(=O)COc1ccccc1)N1C(=O)c2ccccc2C1=O. The Morgan fingerprint density at radius 2 is 1.42 bits per heavy atom. The second-order valence-corrected chi connectivity index (χ2v) is 10.9. The quantitative estimate of drug-likeness (QED) is 0.160. The third-order valence-corrected chi connectivity index (χ3v) is 7.73. The molecule has 1 aromatic heterocycles. The zero-order valence-electron chi connectivity index (χ0n) is 25.3.